The highest BCUT2D eigenvalue weighted by atomic mass is 35.5. The van der Waals surface area contributed by atoms with Crippen LogP contribution in [0.1, 0.15) is 13.3 Å². The molecule has 1 saturated heterocycles. The normalized spacial score (nSPS) is 21.1. The monoisotopic (exact) mass is 418 g/mol. The second kappa shape index (κ2) is 7.39. The lowest BCUT2D eigenvalue weighted by molar-refractivity contribution is 0.248. The van der Waals surface area contributed by atoms with Gasteiger partial charge in [0.15, 0.2) is 0 Å². The number of H-pyrrole nitrogens is 1. The summed E-state index contributed by atoms with van der Waals surface area (Å²) in [5, 5.41) is 1.56. The number of hydrogen-bond donors (Lipinski definition) is 1. The summed E-state index contributed by atoms with van der Waals surface area (Å²) >= 11 is 5.91. The van der Waals surface area contributed by atoms with Gasteiger partial charge < -0.3 is 9.88 Å². The lowest BCUT2D eigenvalue weighted by Crippen LogP contribution is -2.52. The summed E-state index contributed by atoms with van der Waals surface area (Å²) in [6.45, 7) is 3.15. The number of piperidine rings is 1. The van der Waals surface area contributed by atoms with Crippen LogP contribution < -0.4 is 4.90 Å². The number of nitrogens with zero attached hydrogens (tertiary/aromatic N) is 3. The largest absolute Gasteiger partial charge is 0.369 e. The zero-order valence-corrected chi connectivity index (χ0v) is 17.4. The number of benzene rings is 1. The van der Waals surface area contributed by atoms with Crippen LogP contribution in [0, 0.1) is 5.92 Å². The SMILES string of the molecule is C[C@@H]1CCN(S(=O)(=O)c2ccc(Cl)cc2)CC1N(C)c1ccnc2[nH]ccc12. The van der Waals surface area contributed by atoms with Crippen LogP contribution >= 0.6 is 11.6 Å². The highest BCUT2D eigenvalue weighted by molar-refractivity contribution is 7.89. The molecule has 1 aliphatic heterocycles. The molecule has 2 atom stereocenters. The van der Waals surface area contributed by atoms with Gasteiger partial charge in [-0.2, -0.15) is 4.31 Å². The number of anilines is 1. The van der Waals surface area contributed by atoms with Crippen LogP contribution in [0.2, 0.25) is 5.02 Å². The second-order valence-electron chi connectivity index (χ2n) is 7.33. The molecule has 3 aromatic rings. The summed E-state index contributed by atoms with van der Waals surface area (Å²) in [4.78, 5) is 9.95. The van der Waals surface area contributed by atoms with E-state index >= 15 is 0 Å². The summed E-state index contributed by atoms with van der Waals surface area (Å²) < 4.78 is 27.9. The number of pyridine rings is 1. The fraction of sp³-hybridized carbons (Fsp3) is 0.350. The molecule has 1 aromatic carbocycles. The molecule has 4 rings (SSSR count). The molecule has 0 saturated carbocycles. The van der Waals surface area contributed by atoms with E-state index in [0.717, 1.165) is 23.1 Å². The molecular weight excluding hydrogens is 396 g/mol. The predicted molar refractivity (Wildman–Crippen MR) is 112 cm³/mol. The zero-order valence-electron chi connectivity index (χ0n) is 15.8. The average molecular weight is 419 g/mol. The third-order valence-electron chi connectivity index (χ3n) is 5.65. The third-order valence-corrected chi connectivity index (χ3v) is 7.78. The summed E-state index contributed by atoms with van der Waals surface area (Å²) in [5.74, 6) is 0.365. The molecule has 2 aromatic heterocycles. The van der Waals surface area contributed by atoms with Crippen molar-refractivity contribution in [1.82, 2.24) is 14.3 Å². The van der Waals surface area contributed by atoms with E-state index in [0.29, 0.717) is 24.0 Å². The van der Waals surface area contributed by atoms with Gasteiger partial charge in [0.1, 0.15) is 5.65 Å². The van der Waals surface area contributed by atoms with Gasteiger partial charge in [0.05, 0.1) is 4.90 Å². The van der Waals surface area contributed by atoms with E-state index in [2.05, 4.69) is 21.8 Å². The maximum Gasteiger partial charge on any atom is 0.243 e. The van der Waals surface area contributed by atoms with Crippen molar-refractivity contribution in [3.8, 4) is 0 Å². The molecule has 1 fully saturated rings. The number of aromatic amines is 1. The first kappa shape index (κ1) is 19.2. The van der Waals surface area contributed by atoms with Crippen molar-refractivity contribution < 1.29 is 8.42 Å². The molecule has 0 radical (unpaired) electrons. The Bertz CT molecular complexity index is 1080. The van der Waals surface area contributed by atoms with Gasteiger partial charge in [-0.3, -0.25) is 0 Å². The number of fused-ring (bicyclic) bond motifs is 1. The smallest absolute Gasteiger partial charge is 0.243 e. The number of hydrogen-bond acceptors (Lipinski definition) is 4. The molecule has 148 valence electrons. The molecule has 28 heavy (non-hydrogen) atoms. The van der Waals surface area contributed by atoms with Crippen LogP contribution in [0.25, 0.3) is 11.0 Å². The molecule has 0 bridgehead atoms. The summed E-state index contributed by atoms with van der Waals surface area (Å²) in [7, 11) is -1.52. The van der Waals surface area contributed by atoms with E-state index in [1.807, 2.05) is 25.4 Å². The van der Waals surface area contributed by atoms with Crippen LogP contribution in [0.15, 0.2) is 53.7 Å². The summed E-state index contributed by atoms with van der Waals surface area (Å²) in [6.07, 6.45) is 4.46. The van der Waals surface area contributed by atoms with Crippen LogP contribution in [0.5, 0.6) is 0 Å². The number of sulfonamides is 1. The first-order chi connectivity index (χ1) is 13.4. The Hall–Kier alpha value is -2.09. The van der Waals surface area contributed by atoms with Gasteiger partial charge in [-0.15, -0.1) is 0 Å². The summed E-state index contributed by atoms with van der Waals surface area (Å²) in [6, 6.07) is 10.4. The quantitative estimate of drug-likeness (QED) is 0.700. The molecule has 1 unspecified atom stereocenters. The lowest BCUT2D eigenvalue weighted by Gasteiger charge is -2.42. The minimum Gasteiger partial charge on any atom is -0.369 e. The number of aromatic nitrogens is 2. The molecule has 0 aliphatic carbocycles. The van der Waals surface area contributed by atoms with Gasteiger partial charge in [0, 0.05) is 54.7 Å². The van der Waals surface area contributed by atoms with Gasteiger partial charge >= 0.3 is 0 Å². The predicted octanol–water partition coefficient (Wildman–Crippen LogP) is 3.75. The highest BCUT2D eigenvalue weighted by Gasteiger charge is 2.36. The first-order valence-corrected chi connectivity index (χ1v) is 11.1. The van der Waals surface area contributed by atoms with Crippen molar-refractivity contribution in [2.45, 2.75) is 24.3 Å². The fourth-order valence-electron chi connectivity index (χ4n) is 3.93. The van der Waals surface area contributed by atoms with Crippen molar-refractivity contribution >= 4 is 38.3 Å². The number of nitrogens with one attached hydrogen (secondary N) is 1. The maximum absolute atomic E-state index is 13.1. The van der Waals surface area contributed by atoms with Gasteiger partial charge in [-0.05, 0) is 48.7 Å². The van der Waals surface area contributed by atoms with E-state index in [1.54, 1.807) is 34.8 Å². The van der Waals surface area contributed by atoms with Crippen molar-refractivity contribution in [2.75, 3.05) is 25.0 Å². The minimum absolute atomic E-state index is 0.0660. The van der Waals surface area contributed by atoms with Crippen LogP contribution in [0.4, 0.5) is 5.69 Å². The van der Waals surface area contributed by atoms with E-state index in [1.165, 1.54) is 0 Å². The topological polar surface area (TPSA) is 69.3 Å². The van der Waals surface area contributed by atoms with Crippen molar-refractivity contribution in [3.63, 3.8) is 0 Å². The van der Waals surface area contributed by atoms with Crippen LogP contribution in [-0.4, -0.2) is 48.9 Å². The molecule has 3 heterocycles. The molecule has 8 heteroatoms. The van der Waals surface area contributed by atoms with E-state index in [9.17, 15) is 8.42 Å². The Morgan fingerprint density at radius 1 is 1.21 bits per heavy atom. The molecular formula is C20H23ClN4O2S. The third kappa shape index (κ3) is 3.38. The summed E-state index contributed by atoms with van der Waals surface area (Å²) in [5.41, 5.74) is 1.88. The molecule has 0 amide bonds. The molecule has 1 aliphatic rings. The Kier molecular flexibility index (Phi) is 5.07. The maximum atomic E-state index is 13.1. The standard InChI is InChI=1S/C20H23ClN4O2S/c1-14-9-12-25(28(26,27)16-5-3-15(21)4-6-16)13-19(14)24(2)18-8-11-23-20-17(18)7-10-22-20/h3-8,10-11,14,19H,9,12-13H2,1-2H3,(H,22,23)/t14-,19?/m1/s1. The Morgan fingerprint density at radius 2 is 1.96 bits per heavy atom. The molecule has 6 nitrogen and oxygen atoms in total. The number of likely N-dealkylation sites (N-methyl/N-ethyl adjacent to an activating group) is 1. The highest BCUT2D eigenvalue weighted by Crippen LogP contribution is 2.32. The molecule has 1 N–H and O–H groups in total. The Morgan fingerprint density at radius 3 is 2.71 bits per heavy atom. The van der Waals surface area contributed by atoms with Crippen LogP contribution in [0.3, 0.4) is 0 Å². The second-order valence-corrected chi connectivity index (χ2v) is 9.71. The molecule has 0 spiro atoms. The van der Waals surface area contributed by atoms with Crippen LogP contribution in [-0.2, 0) is 10.0 Å². The van der Waals surface area contributed by atoms with Crippen molar-refractivity contribution in [1.29, 1.82) is 0 Å². The van der Waals surface area contributed by atoms with Crippen molar-refractivity contribution in [3.05, 3.63) is 53.8 Å². The Labute approximate surface area is 170 Å². The van der Waals surface area contributed by atoms with Gasteiger partial charge in [-0.25, -0.2) is 13.4 Å². The van der Waals surface area contributed by atoms with E-state index in [4.69, 9.17) is 11.6 Å². The van der Waals surface area contributed by atoms with E-state index in [-0.39, 0.29) is 10.9 Å². The first-order valence-electron chi connectivity index (χ1n) is 9.28. The van der Waals surface area contributed by atoms with Gasteiger partial charge in [0.2, 0.25) is 10.0 Å². The van der Waals surface area contributed by atoms with Gasteiger partial charge in [-0.1, -0.05) is 18.5 Å². The zero-order chi connectivity index (χ0) is 19.9. The number of halogens is 1. The minimum atomic E-state index is -3.55. The van der Waals surface area contributed by atoms with E-state index < -0.39 is 10.0 Å². The van der Waals surface area contributed by atoms with Gasteiger partial charge in [0.25, 0.3) is 0 Å². The average Bonchev–Trinajstić information content (AvgIpc) is 3.17. The lowest BCUT2D eigenvalue weighted by atomic mass is 9.93. The Balaban J connectivity index is 1.63. The van der Waals surface area contributed by atoms with Crippen molar-refractivity contribution in [2.24, 2.45) is 5.92 Å². The fourth-order valence-corrected chi connectivity index (χ4v) is 5.53. The number of rotatable bonds is 4.